The van der Waals surface area contributed by atoms with Crippen LogP contribution in [-0.2, 0) is 22.5 Å². The number of esters is 1. The molecule has 1 amide bonds. The van der Waals surface area contributed by atoms with Crippen LogP contribution in [0.3, 0.4) is 0 Å². The van der Waals surface area contributed by atoms with E-state index in [1.807, 2.05) is 36.4 Å². The van der Waals surface area contributed by atoms with Gasteiger partial charge in [-0.25, -0.2) is 9.78 Å². The van der Waals surface area contributed by atoms with Crippen molar-refractivity contribution in [2.24, 2.45) is 0 Å². The van der Waals surface area contributed by atoms with Crippen LogP contribution in [0.15, 0.2) is 54.7 Å². The van der Waals surface area contributed by atoms with Gasteiger partial charge < -0.3 is 9.64 Å². The van der Waals surface area contributed by atoms with Crippen LogP contribution in [0.1, 0.15) is 21.6 Å². The summed E-state index contributed by atoms with van der Waals surface area (Å²) >= 11 is 0. The second-order valence-electron chi connectivity index (χ2n) is 6.15. The zero-order valence-corrected chi connectivity index (χ0v) is 14.1. The zero-order valence-electron chi connectivity index (χ0n) is 14.1. The summed E-state index contributed by atoms with van der Waals surface area (Å²) < 4.78 is 5.15. The Hall–Kier alpha value is -3.28. The van der Waals surface area contributed by atoms with Crippen LogP contribution in [0.25, 0.3) is 11.0 Å². The Bertz CT molecular complexity index is 987. The van der Waals surface area contributed by atoms with E-state index in [0.29, 0.717) is 24.1 Å². The third kappa shape index (κ3) is 3.26. The number of para-hydroxylation sites is 2. The van der Waals surface area contributed by atoms with Gasteiger partial charge in [-0.2, -0.15) is 0 Å². The van der Waals surface area contributed by atoms with Gasteiger partial charge in [0.1, 0.15) is 0 Å². The predicted octanol–water partition coefficient (Wildman–Crippen LogP) is 2.37. The topological polar surface area (TPSA) is 72.4 Å². The van der Waals surface area contributed by atoms with Gasteiger partial charge in [0, 0.05) is 13.1 Å². The standard InChI is InChI=1S/C20H17N3O3/c24-19(23-10-9-14-5-1-2-6-15(14)12-23)13-26-20(25)18-11-21-16-7-3-4-8-17(16)22-18/h1-8,11H,9-10,12-13H2. The van der Waals surface area contributed by atoms with Crippen molar-refractivity contribution in [2.45, 2.75) is 13.0 Å². The highest BCUT2D eigenvalue weighted by atomic mass is 16.5. The van der Waals surface area contributed by atoms with Crippen molar-refractivity contribution < 1.29 is 14.3 Å². The smallest absolute Gasteiger partial charge is 0.359 e. The Morgan fingerprint density at radius 2 is 1.73 bits per heavy atom. The van der Waals surface area contributed by atoms with Gasteiger partial charge in [0.05, 0.1) is 17.2 Å². The molecule has 0 saturated heterocycles. The van der Waals surface area contributed by atoms with Gasteiger partial charge in [-0.05, 0) is 29.7 Å². The molecule has 0 bridgehead atoms. The molecule has 26 heavy (non-hydrogen) atoms. The molecule has 0 fully saturated rings. The molecule has 0 aliphatic carbocycles. The third-order valence-electron chi connectivity index (χ3n) is 4.47. The van der Waals surface area contributed by atoms with Crippen molar-refractivity contribution in [3.63, 3.8) is 0 Å². The molecule has 0 N–H and O–H groups in total. The molecule has 0 atom stereocenters. The number of hydrogen-bond acceptors (Lipinski definition) is 5. The number of nitrogens with zero attached hydrogens (tertiary/aromatic N) is 3. The first-order valence-electron chi connectivity index (χ1n) is 8.44. The van der Waals surface area contributed by atoms with E-state index in [4.69, 9.17) is 4.74 Å². The van der Waals surface area contributed by atoms with Gasteiger partial charge in [0.25, 0.3) is 5.91 Å². The number of benzene rings is 2. The molecule has 0 unspecified atom stereocenters. The number of ether oxygens (including phenoxy) is 1. The summed E-state index contributed by atoms with van der Waals surface area (Å²) in [6.45, 7) is 0.876. The molecule has 3 aromatic rings. The summed E-state index contributed by atoms with van der Waals surface area (Å²) in [4.78, 5) is 34.7. The molecule has 2 aromatic carbocycles. The van der Waals surface area contributed by atoms with Crippen molar-refractivity contribution in [3.05, 3.63) is 71.5 Å². The first-order valence-corrected chi connectivity index (χ1v) is 8.44. The molecule has 1 aromatic heterocycles. The van der Waals surface area contributed by atoms with Crippen LogP contribution >= 0.6 is 0 Å². The summed E-state index contributed by atoms with van der Waals surface area (Å²) in [5.74, 6) is -0.851. The fourth-order valence-electron chi connectivity index (χ4n) is 3.06. The maximum Gasteiger partial charge on any atom is 0.359 e. The van der Waals surface area contributed by atoms with E-state index >= 15 is 0 Å². The summed E-state index contributed by atoms with van der Waals surface area (Å²) in [6, 6.07) is 15.3. The molecule has 1 aliphatic heterocycles. The summed E-state index contributed by atoms with van der Waals surface area (Å²) in [7, 11) is 0. The van der Waals surface area contributed by atoms with Gasteiger partial charge in [-0.3, -0.25) is 9.78 Å². The maximum atomic E-state index is 12.4. The largest absolute Gasteiger partial charge is 0.451 e. The first kappa shape index (κ1) is 16.2. The van der Waals surface area contributed by atoms with Gasteiger partial charge in [0.15, 0.2) is 12.3 Å². The van der Waals surface area contributed by atoms with E-state index in [-0.39, 0.29) is 18.2 Å². The van der Waals surface area contributed by atoms with Gasteiger partial charge >= 0.3 is 5.97 Å². The van der Waals surface area contributed by atoms with Crippen molar-refractivity contribution >= 4 is 22.9 Å². The van der Waals surface area contributed by atoms with E-state index in [2.05, 4.69) is 16.0 Å². The fraction of sp³-hybridized carbons (Fsp3) is 0.200. The molecule has 1 aliphatic rings. The Labute approximate surface area is 150 Å². The molecule has 0 spiro atoms. The van der Waals surface area contributed by atoms with Crippen LogP contribution in [0, 0.1) is 0 Å². The van der Waals surface area contributed by atoms with E-state index in [1.165, 1.54) is 11.8 Å². The third-order valence-corrected chi connectivity index (χ3v) is 4.47. The SMILES string of the molecule is O=C(OCC(=O)N1CCc2ccccc2C1)c1cnc2ccccc2n1. The average Bonchev–Trinajstić information content (AvgIpc) is 2.71. The van der Waals surface area contributed by atoms with E-state index in [1.54, 1.807) is 11.0 Å². The fourth-order valence-corrected chi connectivity index (χ4v) is 3.06. The van der Waals surface area contributed by atoms with E-state index in [9.17, 15) is 9.59 Å². The highest BCUT2D eigenvalue weighted by molar-refractivity contribution is 5.91. The summed E-state index contributed by atoms with van der Waals surface area (Å²) in [6.07, 6.45) is 2.18. The van der Waals surface area contributed by atoms with Crippen molar-refractivity contribution in [3.8, 4) is 0 Å². The van der Waals surface area contributed by atoms with Crippen LogP contribution in [0.2, 0.25) is 0 Å². The highest BCUT2D eigenvalue weighted by Gasteiger charge is 2.22. The highest BCUT2D eigenvalue weighted by Crippen LogP contribution is 2.18. The molecule has 130 valence electrons. The minimum atomic E-state index is -0.644. The quantitative estimate of drug-likeness (QED) is 0.680. The van der Waals surface area contributed by atoms with Crippen molar-refractivity contribution in [1.82, 2.24) is 14.9 Å². The molecule has 0 radical (unpaired) electrons. The second kappa shape index (κ2) is 6.92. The molecular weight excluding hydrogens is 330 g/mol. The number of amides is 1. The lowest BCUT2D eigenvalue weighted by Crippen LogP contribution is -2.38. The Kier molecular flexibility index (Phi) is 4.31. The van der Waals surface area contributed by atoms with Gasteiger partial charge in [-0.1, -0.05) is 36.4 Å². The zero-order chi connectivity index (χ0) is 17.9. The number of fused-ring (bicyclic) bond motifs is 2. The van der Waals surface area contributed by atoms with Crippen LogP contribution in [0.5, 0.6) is 0 Å². The number of carbonyl (C=O) groups is 2. The minimum absolute atomic E-state index is 0.0977. The number of rotatable bonds is 3. The lowest BCUT2D eigenvalue weighted by Gasteiger charge is -2.28. The molecule has 2 heterocycles. The normalized spacial score (nSPS) is 13.3. The molecule has 6 nitrogen and oxygen atoms in total. The monoisotopic (exact) mass is 347 g/mol. The van der Waals surface area contributed by atoms with Crippen LogP contribution < -0.4 is 0 Å². The molecule has 4 rings (SSSR count). The van der Waals surface area contributed by atoms with Crippen LogP contribution in [0.4, 0.5) is 0 Å². The number of aromatic nitrogens is 2. The predicted molar refractivity (Wildman–Crippen MR) is 95.4 cm³/mol. The van der Waals surface area contributed by atoms with Gasteiger partial charge in [0.2, 0.25) is 0 Å². The summed E-state index contributed by atoms with van der Waals surface area (Å²) in [5.41, 5.74) is 3.81. The lowest BCUT2D eigenvalue weighted by atomic mass is 10.00. The maximum absolute atomic E-state index is 12.4. The second-order valence-corrected chi connectivity index (χ2v) is 6.15. The van der Waals surface area contributed by atoms with Crippen LogP contribution in [-0.4, -0.2) is 39.9 Å². The number of carbonyl (C=O) groups excluding carboxylic acids is 2. The molecular formula is C20H17N3O3. The minimum Gasteiger partial charge on any atom is -0.451 e. The number of hydrogen-bond donors (Lipinski definition) is 0. The molecule has 0 saturated carbocycles. The van der Waals surface area contributed by atoms with Gasteiger partial charge in [-0.15, -0.1) is 0 Å². The van der Waals surface area contributed by atoms with E-state index in [0.717, 1.165) is 12.0 Å². The van der Waals surface area contributed by atoms with Crippen molar-refractivity contribution in [1.29, 1.82) is 0 Å². The Balaban J connectivity index is 1.38. The average molecular weight is 347 g/mol. The summed E-state index contributed by atoms with van der Waals surface area (Å²) in [5, 5.41) is 0. The van der Waals surface area contributed by atoms with Crippen molar-refractivity contribution in [2.75, 3.05) is 13.2 Å². The lowest BCUT2D eigenvalue weighted by molar-refractivity contribution is -0.135. The Morgan fingerprint density at radius 1 is 1.00 bits per heavy atom. The van der Waals surface area contributed by atoms with E-state index < -0.39 is 5.97 Å². The molecule has 6 heteroatoms. The Morgan fingerprint density at radius 3 is 2.58 bits per heavy atom. The first-order chi connectivity index (χ1) is 12.7.